The average Bonchev–Trinajstić information content (AvgIpc) is 2.18. The molecule has 14 heavy (non-hydrogen) atoms. The molecule has 6 nitrogen and oxygen atoms in total. The van der Waals surface area contributed by atoms with Crippen LogP contribution in [-0.2, 0) is 9.53 Å². The van der Waals surface area contributed by atoms with Gasteiger partial charge in [0.25, 0.3) is 0 Å². The van der Waals surface area contributed by atoms with Crippen molar-refractivity contribution in [2.45, 2.75) is 13.8 Å². The van der Waals surface area contributed by atoms with Gasteiger partial charge in [0, 0.05) is 6.92 Å². The molecular weight excluding hydrogens is 192 g/mol. The van der Waals surface area contributed by atoms with Gasteiger partial charge in [-0.3, -0.25) is 4.79 Å². The van der Waals surface area contributed by atoms with Crippen LogP contribution in [0.2, 0.25) is 0 Å². The van der Waals surface area contributed by atoms with E-state index in [2.05, 4.69) is 4.74 Å². The molecule has 0 amide bonds. The minimum atomic E-state index is -0.211. The fourth-order valence-electron chi connectivity index (χ4n) is 0.203. The predicted molar refractivity (Wildman–Crippen MR) is 50.7 cm³/mol. The fourth-order valence-corrected chi connectivity index (χ4v) is 0.203. The lowest BCUT2D eigenvalue weighted by atomic mass is 10.8. The van der Waals surface area contributed by atoms with Gasteiger partial charge in [0.05, 0.1) is 33.0 Å². The predicted octanol–water partition coefficient (Wildman–Crippen LogP) is -1.49. The number of esters is 1. The molecule has 0 aliphatic rings. The van der Waals surface area contributed by atoms with Crippen molar-refractivity contribution in [3.63, 3.8) is 0 Å². The molecule has 88 valence electrons. The summed E-state index contributed by atoms with van der Waals surface area (Å²) in [5.74, 6) is -0.211. The monoisotopic (exact) mass is 212 g/mol. The molecule has 0 radical (unpaired) electrons. The largest absolute Gasteiger partial charge is 0.466 e. The molecular formula is C8H20O6. The van der Waals surface area contributed by atoms with Gasteiger partial charge in [0.2, 0.25) is 0 Å². The summed E-state index contributed by atoms with van der Waals surface area (Å²) in [5, 5.41) is 30.5. The molecule has 0 aromatic carbocycles. The lowest BCUT2D eigenvalue weighted by molar-refractivity contribution is -0.140. The third kappa shape index (κ3) is 64.7. The Morgan fingerprint density at radius 3 is 1.29 bits per heavy atom. The van der Waals surface area contributed by atoms with Crippen LogP contribution in [0.3, 0.4) is 0 Å². The summed E-state index contributed by atoms with van der Waals surface area (Å²) in [6.45, 7) is 3.15. The maximum Gasteiger partial charge on any atom is 0.302 e. The van der Waals surface area contributed by atoms with Crippen molar-refractivity contribution in [1.29, 1.82) is 0 Å². The van der Waals surface area contributed by atoms with Gasteiger partial charge in [-0.1, -0.05) is 0 Å². The minimum Gasteiger partial charge on any atom is -0.466 e. The number of carbonyl (C=O) groups is 1. The van der Waals surface area contributed by atoms with E-state index >= 15 is 0 Å². The molecule has 0 atom stereocenters. The number of hydrogen-bond acceptors (Lipinski definition) is 6. The summed E-state index contributed by atoms with van der Waals surface area (Å²) >= 11 is 0. The first kappa shape index (κ1) is 19.0. The van der Waals surface area contributed by atoms with Crippen LogP contribution in [0.4, 0.5) is 0 Å². The van der Waals surface area contributed by atoms with Crippen LogP contribution in [0.1, 0.15) is 13.8 Å². The van der Waals surface area contributed by atoms with Gasteiger partial charge in [-0.25, -0.2) is 0 Å². The van der Waals surface area contributed by atoms with E-state index in [4.69, 9.17) is 20.4 Å². The highest BCUT2D eigenvalue weighted by atomic mass is 16.5. The van der Waals surface area contributed by atoms with Crippen LogP contribution in [0.5, 0.6) is 0 Å². The second kappa shape index (κ2) is 22.8. The molecule has 0 spiro atoms. The lowest BCUT2D eigenvalue weighted by Crippen LogP contribution is -1.95. The molecule has 4 N–H and O–H groups in total. The maximum atomic E-state index is 9.82. The Balaban J connectivity index is -0.000000135. The molecule has 0 aromatic heterocycles. The van der Waals surface area contributed by atoms with Gasteiger partial charge < -0.3 is 25.2 Å². The highest BCUT2D eigenvalue weighted by molar-refractivity contribution is 5.65. The number of ether oxygens (including phenoxy) is 1. The highest BCUT2D eigenvalue weighted by Crippen LogP contribution is 1.69. The second-order valence-corrected chi connectivity index (χ2v) is 1.82. The maximum absolute atomic E-state index is 9.82. The van der Waals surface area contributed by atoms with E-state index in [9.17, 15) is 4.79 Å². The summed E-state index contributed by atoms with van der Waals surface area (Å²) in [6, 6.07) is 0. The van der Waals surface area contributed by atoms with Crippen molar-refractivity contribution >= 4 is 5.97 Å². The molecule has 0 bridgehead atoms. The van der Waals surface area contributed by atoms with Gasteiger partial charge in [-0.15, -0.1) is 0 Å². The van der Waals surface area contributed by atoms with E-state index in [0.717, 1.165) is 0 Å². The molecule has 0 fully saturated rings. The number of aliphatic hydroxyl groups excluding tert-OH is 4. The Morgan fingerprint density at radius 2 is 1.29 bits per heavy atom. The third-order valence-electron chi connectivity index (χ3n) is 0.548. The Bertz CT molecular complexity index is 87.8. The topological polar surface area (TPSA) is 107 Å². The first-order valence-corrected chi connectivity index (χ1v) is 4.17. The standard InChI is InChI=1S/C4H8O2.2C2H6O2/c1-3-6-4(2)5;2*3-1-2-4/h3H2,1-2H3;2*3-4H,1-2H2. The number of rotatable bonds is 3. The Labute approximate surface area is 83.8 Å². The molecule has 0 saturated heterocycles. The average molecular weight is 212 g/mol. The SMILES string of the molecule is CCOC(C)=O.OCCO.OCCO. The highest BCUT2D eigenvalue weighted by Gasteiger charge is 1.81. The van der Waals surface area contributed by atoms with Crippen LogP contribution in [0.25, 0.3) is 0 Å². The third-order valence-corrected chi connectivity index (χ3v) is 0.548. The summed E-state index contributed by atoms with van der Waals surface area (Å²) in [7, 11) is 0. The van der Waals surface area contributed by atoms with Gasteiger partial charge >= 0.3 is 5.97 Å². The summed E-state index contributed by atoms with van der Waals surface area (Å²) in [4.78, 5) is 9.82. The zero-order valence-corrected chi connectivity index (χ0v) is 8.64. The van der Waals surface area contributed by atoms with E-state index in [1.165, 1.54) is 6.92 Å². The number of hydrogen-bond donors (Lipinski definition) is 4. The quantitative estimate of drug-likeness (QED) is 0.425. The molecule has 0 saturated carbocycles. The van der Waals surface area contributed by atoms with Crippen LogP contribution >= 0.6 is 0 Å². The summed E-state index contributed by atoms with van der Waals surface area (Å²) < 4.78 is 4.40. The fraction of sp³-hybridized carbons (Fsp3) is 0.875. The van der Waals surface area contributed by atoms with Gasteiger partial charge in [-0.05, 0) is 6.92 Å². The van der Waals surface area contributed by atoms with Crippen molar-refractivity contribution in [3.05, 3.63) is 0 Å². The zero-order valence-electron chi connectivity index (χ0n) is 8.64. The van der Waals surface area contributed by atoms with Gasteiger partial charge in [-0.2, -0.15) is 0 Å². The summed E-state index contributed by atoms with van der Waals surface area (Å²) in [6.07, 6.45) is 0. The van der Waals surface area contributed by atoms with Crippen LogP contribution < -0.4 is 0 Å². The van der Waals surface area contributed by atoms with Crippen molar-refractivity contribution in [2.75, 3.05) is 33.0 Å². The lowest BCUT2D eigenvalue weighted by Gasteiger charge is -1.89. The molecule has 0 aliphatic carbocycles. The molecule has 0 aromatic rings. The zero-order chi connectivity index (χ0) is 11.8. The first-order chi connectivity index (χ1) is 6.60. The molecule has 6 heteroatoms. The van der Waals surface area contributed by atoms with Crippen molar-refractivity contribution in [2.24, 2.45) is 0 Å². The van der Waals surface area contributed by atoms with E-state index in [1.54, 1.807) is 6.92 Å². The van der Waals surface area contributed by atoms with Crippen molar-refractivity contribution in [3.8, 4) is 0 Å². The molecule has 0 aliphatic heterocycles. The Kier molecular flexibility index (Phi) is 30.9. The van der Waals surface area contributed by atoms with Crippen LogP contribution in [0, 0.1) is 0 Å². The van der Waals surface area contributed by atoms with Crippen LogP contribution in [0.15, 0.2) is 0 Å². The van der Waals surface area contributed by atoms with E-state index in [0.29, 0.717) is 6.61 Å². The Hall–Kier alpha value is -0.690. The summed E-state index contributed by atoms with van der Waals surface area (Å²) in [5.41, 5.74) is 0. The number of aliphatic hydroxyl groups is 4. The molecule has 0 heterocycles. The first-order valence-electron chi connectivity index (χ1n) is 4.17. The smallest absolute Gasteiger partial charge is 0.302 e. The van der Waals surface area contributed by atoms with E-state index in [-0.39, 0.29) is 32.4 Å². The van der Waals surface area contributed by atoms with Crippen molar-refractivity contribution in [1.82, 2.24) is 0 Å². The second-order valence-electron chi connectivity index (χ2n) is 1.82. The minimum absolute atomic E-state index is 0.125. The molecule has 0 unspecified atom stereocenters. The normalized spacial score (nSPS) is 7.57. The van der Waals surface area contributed by atoms with E-state index < -0.39 is 0 Å². The van der Waals surface area contributed by atoms with E-state index in [1.807, 2.05) is 0 Å². The van der Waals surface area contributed by atoms with Crippen molar-refractivity contribution < 1.29 is 30.0 Å². The van der Waals surface area contributed by atoms with Crippen LogP contribution in [-0.4, -0.2) is 59.4 Å². The number of carbonyl (C=O) groups excluding carboxylic acids is 1. The van der Waals surface area contributed by atoms with Gasteiger partial charge in [0.1, 0.15) is 0 Å². The molecule has 0 rings (SSSR count). The Morgan fingerprint density at radius 1 is 1.00 bits per heavy atom. The van der Waals surface area contributed by atoms with Gasteiger partial charge in [0.15, 0.2) is 0 Å².